The lowest BCUT2D eigenvalue weighted by Crippen LogP contribution is -1.92. The van der Waals surface area contributed by atoms with Crippen molar-refractivity contribution in [1.82, 2.24) is 15.0 Å². The highest BCUT2D eigenvalue weighted by Gasteiger charge is 2.06. The van der Waals surface area contributed by atoms with E-state index >= 15 is 0 Å². The van der Waals surface area contributed by atoms with Crippen molar-refractivity contribution in [2.24, 2.45) is 0 Å². The smallest absolute Gasteiger partial charge is 0.215 e. The molecule has 0 bridgehead atoms. The van der Waals surface area contributed by atoms with Gasteiger partial charge in [-0.25, -0.2) is 9.97 Å². The molecule has 1 N–H and O–H groups in total. The molecule has 0 aliphatic rings. The van der Waals surface area contributed by atoms with Crippen molar-refractivity contribution < 1.29 is 5.11 Å². The quantitative estimate of drug-likeness (QED) is 0.534. The summed E-state index contributed by atoms with van der Waals surface area (Å²) in [6.45, 7) is 1.79. The summed E-state index contributed by atoms with van der Waals surface area (Å²) in [6, 6.07) is 4.99. The Balaban J connectivity index is 2.11. The van der Waals surface area contributed by atoms with Crippen LogP contribution >= 0.6 is 35.0 Å². The first-order chi connectivity index (χ1) is 8.54. The molecule has 0 radical (unpaired) electrons. The number of rotatable bonds is 3. The number of aromatic hydroxyl groups is 1. The number of thioether (sulfide) groups is 1. The molecule has 2 rings (SSSR count). The summed E-state index contributed by atoms with van der Waals surface area (Å²) in [5.41, 5.74) is 1.56. The second kappa shape index (κ2) is 5.73. The molecule has 7 heteroatoms. The van der Waals surface area contributed by atoms with E-state index in [2.05, 4.69) is 15.0 Å². The van der Waals surface area contributed by atoms with Crippen LogP contribution in [0.3, 0.4) is 0 Å². The van der Waals surface area contributed by atoms with Crippen molar-refractivity contribution >= 4 is 35.0 Å². The summed E-state index contributed by atoms with van der Waals surface area (Å²) in [5, 5.41) is 10.6. The van der Waals surface area contributed by atoms with Crippen molar-refractivity contribution in [3.63, 3.8) is 0 Å². The van der Waals surface area contributed by atoms with Gasteiger partial charge >= 0.3 is 0 Å². The van der Waals surface area contributed by atoms with Crippen molar-refractivity contribution in [3.8, 4) is 5.88 Å². The second-order valence-electron chi connectivity index (χ2n) is 3.52. The average molecular weight is 302 g/mol. The lowest BCUT2D eigenvalue weighted by molar-refractivity contribution is 0.444. The van der Waals surface area contributed by atoms with Crippen LogP contribution in [0.25, 0.3) is 0 Å². The highest BCUT2D eigenvalue weighted by atomic mass is 35.5. The summed E-state index contributed by atoms with van der Waals surface area (Å²) in [5.74, 6) is 0.525. The van der Waals surface area contributed by atoms with Gasteiger partial charge in [-0.05, 0) is 18.6 Å². The zero-order valence-corrected chi connectivity index (χ0v) is 11.7. The highest BCUT2D eigenvalue weighted by Crippen LogP contribution is 2.25. The fourth-order valence-electron chi connectivity index (χ4n) is 1.28. The number of pyridine rings is 1. The summed E-state index contributed by atoms with van der Waals surface area (Å²) in [7, 11) is 0. The average Bonchev–Trinajstić information content (AvgIpc) is 2.26. The van der Waals surface area contributed by atoms with Crippen molar-refractivity contribution in [1.29, 1.82) is 0 Å². The number of aromatic nitrogens is 3. The van der Waals surface area contributed by atoms with E-state index in [1.807, 2.05) is 0 Å². The fraction of sp³-hybridized carbons (Fsp3) is 0.182. The van der Waals surface area contributed by atoms with Crippen molar-refractivity contribution in [2.45, 2.75) is 17.8 Å². The largest absolute Gasteiger partial charge is 0.493 e. The van der Waals surface area contributed by atoms with E-state index in [4.69, 9.17) is 23.2 Å². The van der Waals surface area contributed by atoms with E-state index in [9.17, 15) is 5.11 Å². The maximum absolute atomic E-state index is 9.36. The predicted octanol–water partition coefficient (Wildman–Crippen LogP) is 3.48. The molecule has 4 nitrogen and oxygen atoms in total. The molecule has 0 saturated carbocycles. The summed E-state index contributed by atoms with van der Waals surface area (Å²) in [4.78, 5) is 12.1. The monoisotopic (exact) mass is 301 g/mol. The number of aryl methyl sites for hydroxylation is 1. The third kappa shape index (κ3) is 3.48. The zero-order chi connectivity index (χ0) is 13.1. The Morgan fingerprint density at radius 3 is 2.67 bits per heavy atom. The lowest BCUT2D eigenvalue weighted by Gasteiger charge is -2.04. The van der Waals surface area contributed by atoms with Crippen LogP contribution in [0.4, 0.5) is 0 Å². The Hall–Kier alpha value is -1.04. The fourth-order valence-corrected chi connectivity index (χ4v) is 2.66. The van der Waals surface area contributed by atoms with Crippen LogP contribution in [0.15, 0.2) is 23.4 Å². The molecule has 0 unspecified atom stereocenters. The predicted molar refractivity (Wildman–Crippen MR) is 72.3 cm³/mol. The Labute approximate surface area is 118 Å². The SMILES string of the molecule is Cc1cc(O)nc(SCc2ccc(Cl)nc2Cl)n1. The molecule has 0 fully saturated rings. The van der Waals surface area contributed by atoms with E-state index in [1.165, 1.54) is 17.8 Å². The molecule has 2 aromatic heterocycles. The van der Waals surface area contributed by atoms with Gasteiger partial charge < -0.3 is 5.11 Å². The van der Waals surface area contributed by atoms with Gasteiger partial charge in [0.25, 0.3) is 0 Å². The highest BCUT2D eigenvalue weighted by molar-refractivity contribution is 7.98. The molecule has 0 amide bonds. The number of hydrogen-bond acceptors (Lipinski definition) is 5. The molecular formula is C11H9Cl2N3OS. The third-order valence-corrected chi connectivity index (χ3v) is 3.50. The summed E-state index contributed by atoms with van der Waals surface area (Å²) >= 11 is 13.0. The molecule has 0 aromatic carbocycles. The van der Waals surface area contributed by atoms with Crippen LogP contribution in [-0.4, -0.2) is 20.1 Å². The summed E-state index contributed by atoms with van der Waals surface area (Å²) < 4.78 is 0. The Morgan fingerprint density at radius 2 is 2.00 bits per heavy atom. The van der Waals surface area contributed by atoms with E-state index < -0.39 is 0 Å². The van der Waals surface area contributed by atoms with Crippen LogP contribution < -0.4 is 0 Å². The third-order valence-electron chi connectivity index (χ3n) is 2.07. The minimum Gasteiger partial charge on any atom is -0.493 e. The van der Waals surface area contributed by atoms with Gasteiger partial charge in [-0.15, -0.1) is 0 Å². The van der Waals surface area contributed by atoms with Gasteiger partial charge in [0.05, 0.1) is 0 Å². The zero-order valence-electron chi connectivity index (χ0n) is 9.39. The molecule has 2 aromatic rings. The van der Waals surface area contributed by atoms with Gasteiger partial charge in [-0.2, -0.15) is 4.98 Å². The topological polar surface area (TPSA) is 58.9 Å². The molecule has 2 heterocycles. The number of hydrogen-bond donors (Lipinski definition) is 1. The van der Waals surface area contributed by atoms with Gasteiger partial charge in [0.1, 0.15) is 10.3 Å². The van der Waals surface area contributed by atoms with Crippen LogP contribution in [0.5, 0.6) is 5.88 Å². The maximum atomic E-state index is 9.36. The molecular weight excluding hydrogens is 293 g/mol. The Bertz CT molecular complexity index is 560. The van der Waals surface area contributed by atoms with Gasteiger partial charge in [0.15, 0.2) is 5.16 Å². The number of nitrogens with zero attached hydrogens (tertiary/aromatic N) is 3. The minimum atomic E-state index is -0.0367. The minimum absolute atomic E-state index is 0.0367. The van der Waals surface area contributed by atoms with E-state index in [0.717, 1.165) is 5.56 Å². The molecule has 18 heavy (non-hydrogen) atoms. The summed E-state index contributed by atoms with van der Waals surface area (Å²) in [6.07, 6.45) is 0. The van der Waals surface area contributed by atoms with Crippen molar-refractivity contribution in [2.75, 3.05) is 0 Å². The maximum Gasteiger partial charge on any atom is 0.215 e. The van der Waals surface area contributed by atoms with Gasteiger partial charge in [0, 0.05) is 17.5 Å². The normalized spacial score (nSPS) is 10.6. The Morgan fingerprint density at radius 1 is 1.22 bits per heavy atom. The van der Waals surface area contributed by atoms with E-state index in [0.29, 0.717) is 26.9 Å². The van der Waals surface area contributed by atoms with Gasteiger partial charge in [-0.1, -0.05) is 41.0 Å². The number of halogens is 2. The lowest BCUT2D eigenvalue weighted by atomic mass is 10.3. The van der Waals surface area contributed by atoms with Crippen LogP contribution in [0.2, 0.25) is 10.3 Å². The van der Waals surface area contributed by atoms with Crippen LogP contribution in [-0.2, 0) is 5.75 Å². The molecule has 0 aliphatic heterocycles. The van der Waals surface area contributed by atoms with Crippen LogP contribution in [0, 0.1) is 6.92 Å². The first kappa shape index (κ1) is 13.4. The molecule has 0 saturated heterocycles. The molecule has 94 valence electrons. The van der Waals surface area contributed by atoms with E-state index in [1.54, 1.807) is 19.1 Å². The molecule has 0 spiro atoms. The van der Waals surface area contributed by atoms with E-state index in [-0.39, 0.29) is 5.88 Å². The first-order valence-corrected chi connectivity index (χ1v) is 6.77. The molecule has 0 aliphatic carbocycles. The van der Waals surface area contributed by atoms with Crippen LogP contribution in [0.1, 0.15) is 11.3 Å². The van der Waals surface area contributed by atoms with Gasteiger partial charge in [0.2, 0.25) is 5.88 Å². The molecule has 0 atom stereocenters. The van der Waals surface area contributed by atoms with Crippen molar-refractivity contribution in [3.05, 3.63) is 39.8 Å². The van der Waals surface area contributed by atoms with Gasteiger partial charge in [-0.3, -0.25) is 0 Å². The Kier molecular flexibility index (Phi) is 4.27. The second-order valence-corrected chi connectivity index (χ2v) is 5.21. The standard InChI is InChI=1S/C11H9Cl2N3OS/c1-6-4-9(17)16-11(14-6)18-5-7-2-3-8(12)15-10(7)13/h2-4H,5H2,1H3,(H,14,16,17). The first-order valence-electron chi connectivity index (χ1n) is 5.03.